The topological polar surface area (TPSA) is 44.4 Å². The van der Waals surface area contributed by atoms with E-state index in [2.05, 4.69) is 135 Å². The first kappa shape index (κ1) is 25.9. The number of fused-ring (bicyclic) bond motifs is 15. The number of pyridine rings is 2. The van der Waals surface area contributed by atoms with E-state index in [0.717, 1.165) is 61.2 Å². The van der Waals surface area contributed by atoms with Gasteiger partial charge in [0.1, 0.15) is 23.0 Å². The van der Waals surface area contributed by atoms with E-state index in [4.69, 9.17) is 9.72 Å². The van der Waals surface area contributed by atoms with E-state index in [-0.39, 0.29) is 0 Å². The second kappa shape index (κ2) is 9.64. The Morgan fingerprint density at radius 1 is 0.521 bits per heavy atom. The van der Waals surface area contributed by atoms with E-state index in [9.17, 15) is 0 Å². The molecule has 5 aromatic heterocycles. The van der Waals surface area contributed by atoms with E-state index in [0.29, 0.717) is 0 Å². The minimum absolute atomic E-state index is 0.762. The molecule has 0 radical (unpaired) electrons. The fourth-order valence-corrected chi connectivity index (χ4v) is 8.68. The van der Waals surface area contributed by atoms with Crippen molar-refractivity contribution in [1.82, 2.24) is 18.9 Å². The lowest BCUT2D eigenvalue weighted by Gasteiger charge is -2.13. The molecule has 0 aliphatic rings. The SMILES string of the molecule is c1ccc(-n2c3ccccc3c3ccc(Oc4ccc5c(c4)c4nc6ccccc6n4c4c5ccc5sc6ccccc6c54)cc32)nc1. The highest BCUT2D eigenvalue weighted by Gasteiger charge is 2.19. The van der Waals surface area contributed by atoms with Crippen LogP contribution in [0.15, 0.2) is 146 Å². The first-order valence-corrected chi connectivity index (χ1v) is 16.8. The summed E-state index contributed by atoms with van der Waals surface area (Å²) in [5, 5.41) is 8.31. The second-order valence-electron chi connectivity index (χ2n) is 12.2. The van der Waals surface area contributed by atoms with Crippen LogP contribution in [0.25, 0.3) is 86.2 Å². The van der Waals surface area contributed by atoms with Crippen LogP contribution in [0, 0.1) is 0 Å². The number of imidazole rings is 1. The Balaban J connectivity index is 1.15. The van der Waals surface area contributed by atoms with Gasteiger partial charge in [0.2, 0.25) is 0 Å². The van der Waals surface area contributed by atoms with Gasteiger partial charge >= 0.3 is 0 Å². The van der Waals surface area contributed by atoms with Gasteiger partial charge in [-0.25, -0.2) is 9.97 Å². The van der Waals surface area contributed by atoms with Gasteiger partial charge in [-0.05, 0) is 78.2 Å². The molecule has 0 fully saturated rings. The van der Waals surface area contributed by atoms with E-state index in [1.165, 1.54) is 36.5 Å². The quantitative estimate of drug-likeness (QED) is 0.182. The van der Waals surface area contributed by atoms with Crippen molar-refractivity contribution in [1.29, 1.82) is 0 Å². The molecule has 0 bridgehead atoms. The molecule has 0 saturated heterocycles. The second-order valence-corrected chi connectivity index (χ2v) is 13.3. The zero-order chi connectivity index (χ0) is 31.3. The summed E-state index contributed by atoms with van der Waals surface area (Å²) >= 11 is 1.84. The van der Waals surface area contributed by atoms with E-state index < -0.39 is 0 Å². The molecule has 0 unspecified atom stereocenters. The zero-order valence-electron chi connectivity index (χ0n) is 25.5. The van der Waals surface area contributed by atoms with Crippen LogP contribution < -0.4 is 4.74 Å². The lowest BCUT2D eigenvalue weighted by atomic mass is 10.0. The molecule has 48 heavy (non-hydrogen) atoms. The number of aromatic nitrogens is 4. The minimum atomic E-state index is 0.762. The lowest BCUT2D eigenvalue weighted by molar-refractivity contribution is 0.484. The Morgan fingerprint density at radius 2 is 1.25 bits per heavy atom. The Kier molecular flexibility index (Phi) is 5.20. The maximum Gasteiger partial charge on any atom is 0.146 e. The van der Waals surface area contributed by atoms with Gasteiger partial charge in [0.15, 0.2) is 0 Å². The van der Waals surface area contributed by atoms with Crippen molar-refractivity contribution in [2.24, 2.45) is 0 Å². The van der Waals surface area contributed by atoms with Crippen molar-refractivity contribution >= 4 is 91.7 Å². The van der Waals surface area contributed by atoms with Crippen LogP contribution in [0.4, 0.5) is 0 Å². The highest BCUT2D eigenvalue weighted by atomic mass is 32.1. The van der Waals surface area contributed by atoms with E-state index in [1.54, 1.807) is 0 Å². The number of ether oxygens (including phenoxy) is 1. The molecule has 0 spiro atoms. The summed E-state index contributed by atoms with van der Waals surface area (Å²) in [5.74, 6) is 2.40. The molecule has 0 atom stereocenters. The number of nitrogens with zero attached hydrogens (tertiary/aromatic N) is 4. The summed E-state index contributed by atoms with van der Waals surface area (Å²) in [5.41, 5.74) is 6.36. The van der Waals surface area contributed by atoms with Crippen LogP contribution in [0.2, 0.25) is 0 Å². The molecule has 0 aliphatic carbocycles. The molecule has 224 valence electrons. The van der Waals surface area contributed by atoms with Crippen LogP contribution in [-0.4, -0.2) is 18.9 Å². The van der Waals surface area contributed by atoms with Crippen molar-refractivity contribution in [3.8, 4) is 17.3 Å². The third-order valence-corrected chi connectivity index (χ3v) is 10.7. The smallest absolute Gasteiger partial charge is 0.146 e. The predicted molar refractivity (Wildman–Crippen MR) is 199 cm³/mol. The standard InChI is InChI=1S/C42H24N4OS/c1-4-12-34-28(9-1)29-19-17-26(24-36(29)45(34)39-15-7-8-22-43-39)47-25-16-18-27-30-20-21-38-40(31-10-2-6-14-37(31)48-38)41(30)46-35-13-5-3-11-33(35)44-42(46)32(27)23-25/h1-24H. The van der Waals surface area contributed by atoms with Gasteiger partial charge in [0.05, 0.1) is 27.6 Å². The van der Waals surface area contributed by atoms with Crippen molar-refractivity contribution in [2.75, 3.05) is 0 Å². The minimum Gasteiger partial charge on any atom is -0.457 e. The number of hydrogen-bond donors (Lipinski definition) is 0. The summed E-state index contributed by atoms with van der Waals surface area (Å²) in [7, 11) is 0. The molecular weight excluding hydrogens is 609 g/mol. The Morgan fingerprint density at radius 3 is 2.15 bits per heavy atom. The lowest BCUT2D eigenvalue weighted by Crippen LogP contribution is -1.96. The monoisotopic (exact) mass is 632 g/mol. The summed E-state index contributed by atoms with van der Waals surface area (Å²) in [4.78, 5) is 9.91. The van der Waals surface area contributed by atoms with Crippen LogP contribution in [0.3, 0.4) is 0 Å². The van der Waals surface area contributed by atoms with Crippen LogP contribution >= 0.6 is 11.3 Å². The van der Waals surface area contributed by atoms with Gasteiger partial charge < -0.3 is 4.74 Å². The Bertz CT molecular complexity index is 3100. The molecule has 5 nitrogen and oxygen atoms in total. The van der Waals surface area contributed by atoms with Gasteiger partial charge in [-0.3, -0.25) is 8.97 Å². The first-order valence-electron chi connectivity index (χ1n) is 16.0. The molecular formula is C42H24N4OS. The molecule has 0 amide bonds. The van der Waals surface area contributed by atoms with Gasteiger partial charge in [-0.15, -0.1) is 11.3 Å². The third-order valence-electron chi connectivity index (χ3n) is 9.58. The summed E-state index contributed by atoms with van der Waals surface area (Å²) in [6.45, 7) is 0. The molecule has 0 saturated carbocycles. The molecule has 5 heterocycles. The van der Waals surface area contributed by atoms with E-state index >= 15 is 0 Å². The maximum atomic E-state index is 6.66. The van der Waals surface area contributed by atoms with Crippen molar-refractivity contribution < 1.29 is 4.74 Å². The number of benzene rings is 6. The van der Waals surface area contributed by atoms with Crippen molar-refractivity contribution in [3.05, 3.63) is 146 Å². The molecule has 6 aromatic carbocycles. The highest BCUT2D eigenvalue weighted by Crippen LogP contribution is 2.43. The van der Waals surface area contributed by atoms with E-state index in [1.807, 2.05) is 35.7 Å². The summed E-state index contributed by atoms with van der Waals surface area (Å²) in [6, 6.07) is 48.9. The maximum absolute atomic E-state index is 6.66. The normalized spacial score (nSPS) is 12.2. The van der Waals surface area contributed by atoms with Crippen LogP contribution in [0.5, 0.6) is 11.5 Å². The third kappa shape index (κ3) is 3.55. The van der Waals surface area contributed by atoms with Crippen LogP contribution in [-0.2, 0) is 0 Å². The summed E-state index contributed by atoms with van der Waals surface area (Å²) < 4.78 is 13.8. The Labute approximate surface area is 277 Å². The predicted octanol–water partition coefficient (Wildman–Crippen LogP) is 11.4. The molecule has 0 aliphatic heterocycles. The largest absolute Gasteiger partial charge is 0.457 e. The zero-order valence-corrected chi connectivity index (χ0v) is 26.3. The fraction of sp³-hybridized carbons (Fsp3) is 0. The molecule has 11 aromatic rings. The van der Waals surface area contributed by atoms with Crippen molar-refractivity contribution in [2.45, 2.75) is 0 Å². The highest BCUT2D eigenvalue weighted by molar-refractivity contribution is 7.26. The van der Waals surface area contributed by atoms with Gasteiger partial charge in [-0.1, -0.05) is 60.7 Å². The molecule has 11 rings (SSSR count). The number of para-hydroxylation sites is 3. The van der Waals surface area contributed by atoms with Gasteiger partial charge in [-0.2, -0.15) is 0 Å². The fourth-order valence-electron chi connectivity index (χ4n) is 7.57. The Hall–Kier alpha value is -6.24. The molecule has 6 heteroatoms. The van der Waals surface area contributed by atoms with Crippen molar-refractivity contribution in [3.63, 3.8) is 0 Å². The van der Waals surface area contributed by atoms with Crippen LogP contribution in [0.1, 0.15) is 0 Å². The number of thiophene rings is 1. The molecule has 0 N–H and O–H groups in total. The summed E-state index contributed by atoms with van der Waals surface area (Å²) in [6.07, 6.45) is 1.83. The van der Waals surface area contributed by atoms with Gasteiger partial charge in [0.25, 0.3) is 0 Å². The first-order chi connectivity index (χ1) is 23.8. The number of rotatable bonds is 3. The average molecular weight is 633 g/mol. The number of hydrogen-bond acceptors (Lipinski definition) is 4. The average Bonchev–Trinajstić information content (AvgIpc) is 3.82. The van der Waals surface area contributed by atoms with Gasteiger partial charge in [0, 0.05) is 54.0 Å².